The molecule has 5 heterocycles. The maximum atomic E-state index is 17.0. The van der Waals surface area contributed by atoms with E-state index in [0.717, 1.165) is 29.5 Å². The molecule has 2 aliphatic rings. The Balaban J connectivity index is 1.43. The number of fused-ring (bicyclic) bond motifs is 4. The SMILES string of the molecule is [C-]#[N+]C[C@@H]1C[C@@H](n2cnc3c(N4CC(N(C)C)C4)nc4c(F)c(-c5ccnc6ccccc56)c(Cl)cc4c32)CCN1C(=O)C=C. The summed E-state index contributed by atoms with van der Waals surface area (Å²) in [6.07, 6.45) is 5.98. The lowest BCUT2D eigenvalue weighted by Gasteiger charge is -2.43. The third kappa shape index (κ3) is 4.78. The molecule has 0 unspecified atom stereocenters. The Bertz CT molecular complexity index is 2020. The zero-order valence-electron chi connectivity index (χ0n) is 25.1. The lowest BCUT2D eigenvalue weighted by Crippen LogP contribution is -2.57. The van der Waals surface area contributed by atoms with Crippen LogP contribution in [-0.2, 0) is 4.79 Å². The van der Waals surface area contributed by atoms with Crippen LogP contribution < -0.4 is 4.90 Å². The molecule has 0 N–H and O–H groups in total. The molecular weight excluding hydrogens is 591 g/mol. The molecule has 7 rings (SSSR count). The number of nitrogens with zero attached hydrogens (tertiary/aromatic N) is 8. The number of amides is 1. The van der Waals surface area contributed by atoms with E-state index in [-0.39, 0.29) is 40.6 Å². The number of likely N-dealkylation sites (N-methyl/N-ethyl adjacent to an activating group) is 1. The molecule has 11 heteroatoms. The van der Waals surface area contributed by atoms with E-state index in [1.54, 1.807) is 29.6 Å². The highest BCUT2D eigenvalue weighted by Crippen LogP contribution is 2.43. The van der Waals surface area contributed by atoms with Crippen LogP contribution in [0.3, 0.4) is 0 Å². The molecule has 2 fully saturated rings. The highest BCUT2D eigenvalue weighted by molar-refractivity contribution is 6.35. The van der Waals surface area contributed by atoms with Crippen LogP contribution in [0.5, 0.6) is 0 Å². The fourth-order valence-electron chi connectivity index (χ4n) is 6.83. The molecule has 0 spiro atoms. The van der Waals surface area contributed by atoms with E-state index in [2.05, 4.69) is 44.9 Å². The second kappa shape index (κ2) is 11.4. The number of carbonyl (C=O) groups excluding carboxylic acids is 1. The summed E-state index contributed by atoms with van der Waals surface area (Å²) in [6, 6.07) is 11.2. The predicted molar refractivity (Wildman–Crippen MR) is 176 cm³/mol. The highest BCUT2D eigenvalue weighted by atomic mass is 35.5. The molecule has 0 radical (unpaired) electrons. The summed E-state index contributed by atoms with van der Waals surface area (Å²) >= 11 is 6.96. The number of likely N-dealkylation sites (tertiary alicyclic amines) is 1. The van der Waals surface area contributed by atoms with E-state index in [9.17, 15) is 4.79 Å². The van der Waals surface area contributed by atoms with Crippen LogP contribution in [-0.4, -0.2) is 87.6 Å². The number of halogens is 2. The minimum Gasteiger partial charge on any atom is -0.351 e. The van der Waals surface area contributed by atoms with E-state index in [1.807, 2.05) is 24.3 Å². The minimum atomic E-state index is -0.494. The van der Waals surface area contributed by atoms with Crippen LogP contribution >= 0.6 is 11.6 Å². The lowest BCUT2D eigenvalue weighted by atomic mass is 9.95. The Hall–Kier alpha value is -4.59. The molecule has 3 aromatic heterocycles. The van der Waals surface area contributed by atoms with Gasteiger partial charge in [-0.15, -0.1) is 0 Å². The van der Waals surface area contributed by atoms with Gasteiger partial charge in [0.1, 0.15) is 17.1 Å². The van der Waals surface area contributed by atoms with Gasteiger partial charge in [0.2, 0.25) is 12.5 Å². The average molecular weight is 623 g/mol. The van der Waals surface area contributed by atoms with Gasteiger partial charge in [-0.3, -0.25) is 9.78 Å². The van der Waals surface area contributed by atoms with Crippen LogP contribution in [0.25, 0.3) is 48.8 Å². The first-order valence-electron chi connectivity index (χ1n) is 15.0. The van der Waals surface area contributed by atoms with Gasteiger partial charge in [-0.1, -0.05) is 36.4 Å². The molecular formula is C34H32ClFN8O. The second-order valence-electron chi connectivity index (χ2n) is 12.0. The normalized spacial score (nSPS) is 18.9. The molecule has 0 saturated carbocycles. The zero-order valence-corrected chi connectivity index (χ0v) is 25.9. The molecule has 2 atom stereocenters. The highest BCUT2D eigenvalue weighted by Gasteiger charge is 2.36. The van der Waals surface area contributed by atoms with E-state index in [4.69, 9.17) is 28.1 Å². The number of hydrogen-bond acceptors (Lipinski definition) is 6. The molecule has 228 valence electrons. The monoisotopic (exact) mass is 622 g/mol. The summed E-state index contributed by atoms with van der Waals surface area (Å²) in [6.45, 7) is 13.3. The molecule has 0 bridgehead atoms. The number of carbonyl (C=O) groups is 1. The number of hydrogen-bond donors (Lipinski definition) is 0. The average Bonchev–Trinajstić information content (AvgIpc) is 3.46. The van der Waals surface area contributed by atoms with Crippen molar-refractivity contribution in [2.24, 2.45) is 0 Å². The largest absolute Gasteiger partial charge is 0.351 e. The van der Waals surface area contributed by atoms with Crippen LogP contribution in [0.1, 0.15) is 18.9 Å². The number of benzene rings is 2. The first kappa shape index (κ1) is 29.1. The van der Waals surface area contributed by atoms with E-state index >= 15 is 4.39 Å². The minimum absolute atomic E-state index is 0.0642. The van der Waals surface area contributed by atoms with Gasteiger partial charge in [0.15, 0.2) is 11.6 Å². The van der Waals surface area contributed by atoms with E-state index in [1.165, 1.54) is 6.08 Å². The first-order valence-corrected chi connectivity index (χ1v) is 15.4. The van der Waals surface area contributed by atoms with Gasteiger partial charge in [0.05, 0.1) is 22.4 Å². The number of imidazole rings is 1. The Kier molecular flexibility index (Phi) is 7.38. The fourth-order valence-corrected chi connectivity index (χ4v) is 7.12. The number of pyridine rings is 2. The molecule has 5 aromatic rings. The first-order chi connectivity index (χ1) is 21.8. The van der Waals surface area contributed by atoms with Gasteiger partial charge in [0.25, 0.3) is 0 Å². The molecule has 2 saturated heterocycles. The Morgan fingerprint density at radius 1 is 1.20 bits per heavy atom. The lowest BCUT2D eigenvalue weighted by molar-refractivity contribution is -0.129. The van der Waals surface area contributed by atoms with Crippen molar-refractivity contribution in [3.8, 4) is 11.1 Å². The van der Waals surface area contributed by atoms with Crippen molar-refractivity contribution in [2.45, 2.75) is 31.0 Å². The summed E-state index contributed by atoms with van der Waals surface area (Å²) in [7, 11) is 4.10. The number of piperidine rings is 1. The van der Waals surface area contributed by atoms with Crippen molar-refractivity contribution in [1.29, 1.82) is 0 Å². The molecule has 0 aliphatic carbocycles. The van der Waals surface area contributed by atoms with E-state index in [0.29, 0.717) is 47.7 Å². The summed E-state index contributed by atoms with van der Waals surface area (Å²) in [5, 5.41) is 1.65. The van der Waals surface area contributed by atoms with Crippen LogP contribution in [0.15, 0.2) is 61.6 Å². The van der Waals surface area contributed by atoms with Crippen molar-refractivity contribution in [3.05, 3.63) is 83.8 Å². The van der Waals surface area contributed by atoms with Crippen LogP contribution in [0.2, 0.25) is 5.02 Å². The fraction of sp³-hybridized carbons (Fsp3) is 0.324. The van der Waals surface area contributed by atoms with Crippen LogP contribution in [0.4, 0.5) is 10.2 Å². The molecule has 45 heavy (non-hydrogen) atoms. The Morgan fingerprint density at radius 2 is 2.00 bits per heavy atom. The van der Waals surface area contributed by atoms with Gasteiger partial charge in [-0.2, -0.15) is 0 Å². The quantitative estimate of drug-likeness (QED) is 0.171. The van der Waals surface area contributed by atoms with Crippen molar-refractivity contribution < 1.29 is 9.18 Å². The third-order valence-corrected chi connectivity index (χ3v) is 9.62. The number of anilines is 1. The second-order valence-corrected chi connectivity index (χ2v) is 12.4. The number of aromatic nitrogens is 4. The summed E-state index contributed by atoms with van der Waals surface area (Å²) in [5.74, 6) is -0.0300. The molecule has 9 nitrogen and oxygen atoms in total. The van der Waals surface area contributed by atoms with Crippen molar-refractivity contribution >= 4 is 56.2 Å². The maximum absolute atomic E-state index is 17.0. The van der Waals surface area contributed by atoms with Crippen molar-refractivity contribution in [2.75, 3.05) is 45.2 Å². The van der Waals surface area contributed by atoms with Crippen LogP contribution in [0, 0.1) is 12.4 Å². The smallest absolute Gasteiger partial charge is 0.246 e. The van der Waals surface area contributed by atoms with E-state index < -0.39 is 5.82 Å². The third-order valence-electron chi connectivity index (χ3n) is 9.32. The summed E-state index contributed by atoms with van der Waals surface area (Å²) in [4.78, 5) is 36.5. The molecule has 1 amide bonds. The van der Waals surface area contributed by atoms with Crippen molar-refractivity contribution in [1.82, 2.24) is 29.3 Å². The summed E-state index contributed by atoms with van der Waals surface area (Å²) < 4.78 is 19.0. The number of para-hydroxylation sites is 1. The summed E-state index contributed by atoms with van der Waals surface area (Å²) in [5.41, 5.74) is 3.35. The molecule has 2 aliphatic heterocycles. The van der Waals surface area contributed by atoms with Gasteiger partial charge < -0.3 is 24.1 Å². The van der Waals surface area contributed by atoms with Gasteiger partial charge in [0, 0.05) is 54.3 Å². The topological polar surface area (TPSA) is 74.8 Å². The zero-order chi connectivity index (χ0) is 31.4. The molecule has 2 aromatic carbocycles. The Morgan fingerprint density at radius 3 is 2.76 bits per heavy atom. The maximum Gasteiger partial charge on any atom is 0.246 e. The van der Waals surface area contributed by atoms with Gasteiger partial charge in [-0.25, -0.2) is 20.9 Å². The van der Waals surface area contributed by atoms with Gasteiger partial charge >= 0.3 is 0 Å². The number of rotatable bonds is 6. The Labute approximate surface area is 265 Å². The predicted octanol–water partition coefficient (Wildman–Crippen LogP) is 5.98. The standard InChI is InChI=1S/C34H32ClFN8O/c1-5-28(45)43-13-11-20(14-21(43)16-37-2)44-19-39-32-33(44)25-15-26(35)29(24-10-12-38-27-9-7-6-8-23(24)27)30(36)31(25)40-34(32)42-17-22(18-42)41(3)4/h5-10,12,15,19-22H,1,11,13-14,16-18H2,3-4H3/t20-,21-/m0/s1. The van der Waals surface area contributed by atoms with Crippen molar-refractivity contribution in [3.63, 3.8) is 0 Å². The van der Waals surface area contributed by atoms with Gasteiger partial charge in [-0.05, 0) is 56.8 Å².